The largest absolute Gasteiger partial charge is 0.337 e. The number of hydrogen-bond acceptors (Lipinski definition) is 3. The van der Waals surface area contributed by atoms with E-state index in [1.807, 2.05) is 23.1 Å². The molecule has 1 aliphatic rings. The molecule has 1 aliphatic heterocycles. The molecule has 1 aromatic rings. The molecule has 3 amide bonds. The van der Waals surface area contributed by atoms with Crippen molar-refractivity contribution in [3.05, 3.63) is 30.3 Å². The molecule has 3 N–H and O–H groups in total. The molecule has 1 fully saturated rings. The molecule has 7 heteroatoms. The van der Waals surface area contributed by atoms with Crippen molar-refractivity contribution in [1.82, 2.24) is 15.5 Å². The molecule has 2 unspecified atom stereocenters. The first-order valence-corrected chi connectivity index (χ1v) is 8.25. The molecule has 1 aromatic carbocycles. The Balaban J connectivity index is 0.00000288. The number of nitrogens with zero attached hydrogens (tertiary/aromatic N) is 1. The van der Waals surface area contributed by atoms with Crippen molar-refractivity contribution in [2.24, 2.45) is 0 Å². The smallest absolute Gasteiger partial charge is 0.319 e. The van der Waals surface area contributed by atoms with Gasteiger partial charge in [-0.25, -0.2) is 4.79 Å². The quantitative estimate of drug-likeness (QED) is 0.733. The fourth-order valence-corrected chi connectivity index (χ4v) is 2.81. The number of hydrogen-bond donors (Lipinski definition) is 3. The lowest BCUT2D eigenvalue weighted by Gasteiger charge is -2.31. The number of carbonyl (C=O) groups excluding carboxylic acids is 2. The Hall–Kier alpha value is -1.79. The number of urea groups is 1. The molecule has 0 radical (unpaired) electrons. The summed E-state index contributed by atoms with van der Waals surface area (Å²) < 4.78 is 0. The zero-order valence-electron chi connectivity index (χ0n) is 14.2. The number of anilines is 1. The summed E-state index contributed by atoms with van der Waals surface area (Å²) in [7, 11) is 0. The lowest BCUT2D eigenvalue weighted by Crippen LogP contribution is -2.52. The van der Waals surface area contributed by atoms with E-state index < -0.39 is 6.04 Å². The Kier molecular flexibility index (Phi) is 8.57. The summed E-state index contributed by atoms with van der Waals surface area (Å²) in [5.41, 5.74) is 0.704. The number of amides is 3. The van der Waals surface area contributed by atoms with Crippen molar-refractivity contribution < 1.29 is 9.59 Å². The standard InChI is InChI=1S/C17H26N4O2.ClH/c1-3-11-21(15-9-10-18-12-15)16(22)13(2)19-17(23)20-14-7-5-4-6-8-14;/h4-8,13,15,18H,3,9-12H2,1-2H3,(H2,19,20,23);1H. The van der Waals surface area contributed by atoms with Gasteiger partial charge in [-0.2, -0.15) is 0 Å². The first-order chi connectivity index (χ1) is 11.1. The zero-order chi connectivity index (χ0) is 16.7. The third-order valence-electron chi connectivity index (χ3n) is 3.97. The lowest BCUT2D eigenvalue weighted by atomic mass is 10.1. The summed E-state index contributed by atoms with van der Waals surface area (Å²) in [6.45, 7) is 6.28. The molecule has 0 bridgehead atoms. The van der Waals surface area contributed by atoms with Gasteiger partial charge in [-0.1, -0.05) is 25.1 Å². The molecule has 0 spiro atoms. The van der Waals surface area contributed by atoms with Gasteiger partial charge in [0.2, 0.25) is 5.91 Å². The second kappa shape index (κ2) is 10.2. The molecular weight excluding hydrogens is 328 g/mol. The van der Waals surface area contributed by atoms with Crippen molar-refractivity contribution >= 4 is 30.0 Å². The molecule has 0 aromatic heterocycles. The zero-order valence-corrected chi connectivity index (χ0v) is 15.1. The van der Waals surface area contributed by atoms with Crippen LogP contribution in [0, 0.1) is 0 Å². The highest BCUT2D eigenvalue weighted by atomic mass is 35.5. The summed E-state index contributed by atoms with van der Waals surface area (Å²) >= 11 is 0. The summed E-state index contributed by atoms with van der Waals surface area (Å²) in [6, 6.07) is 8.50. The van der Waals surface area contributed by atoms with Gasteiger partial charge < -0.3 is 20.9 Å². The Morgan fingerprint density at radius 2 is 2.04 bits per heavy atom. The van der Waals surface area contributed by atoms with Crippen LogP contribution in [-0.2, 0) is 4.79 Å². The van der Waals surface area contributed by atoms with E-state index in [9.17, 15) is 9.59 Å². The van der Waals surface area contributed by atoms with E-state index in [0.29, 0.717) is 5.69 Å². The SMILES string of the molecule is CCCN(C(=O)C(C)NC(=O)Nc1ccccc1)C1CCNC1.Cl. The van der Waals surface area contributed by atoms with E-state index >= 15 is 0 Å². The second-order valence-electron chi connectivity index (χ2n) is 5.86. The topological polar surface area (TPSA) is 73.5 Å². The Bertz CT molecular complexity index is 521. The van der Waals surface area contributed by atoms with E-state index in [2.05, 4.69) is 22.9 Å². The molecule has 24 heavy (non-hydrogen) atoms. The minimum atomic E-state index is -0.550. The van der Waals surface area contributed by atoms with Crippen LogP contribution in [0.4, 0.5) is 10.5 Å². The maximum atomic E-state index is 12.7. The Morgan fingerprint density at radius 3 is 2.62 bits per heavy atom. The third-order valence-corrected chi connectivity index (χ3v) is 3.97. The number of halogens is 1. The molecule has 1 saturated heterocycles. The van der Waals surface area contributed by atoms with Gasteiger partial charge in [0.1, 0.15) is 6.04 Å². The molecular formula is C17H27ClN4O2. The molecule has 1 heterocycles. The predicted octanol–water partition coefficient (Wildman–Crippen LogP) is 2.22. The molecule has 2 atom stereocenters. The van der Waals surface area contributed by atoms with E-state index in [0.717, 1.165) is 32.5 Å². The number of rotatable bonds is 6. The summed E-state index contributed by atoms with van der Waals surface area (Å²) in [4.78, 5) is 26.6. The first kappa shape index (κ1) is 20.3. The summed E-state index contributed by atoms with van der Waals surface area (Å²) in [5, 5.41) is 8.75. The lowest BCUT2D eigenvalue weighted by molar-refractivity contribution is -0.134. The van der Waals surface area contributed by atoms with E-state index in [4.69, 9.17) is 0 Å². The average molecular weight is 355 g/mol. The van der Waals surface area contributed by atoms with Crippen LogP contribution in [0.2, 0.25) is 0 Å². The van der Waals surface area contributed by atoms with E-state index in [1.165, 1.54) is 0 Å². The highest BCUT2D eigenvalue weighted by Gasteiger charge is 2.29. The van der Waals surface area contributed by atoms with E-state index in [-0.39, 0.29) is 30.4 Å². The van der Waals surface area contributed by atoms with Crippen molar-refractivity contribution in [3.8, 4) is 0 Å². The van der Waals surface area contributed by atoms with Crippen molar-refractivity contribution in [2.45, 2.75) is 38.8 Å². The number of carbonyl (C=O) groups is 2. The van der Waals surface area contributed by atoms with Crippen molar-refractivity contribution in [3.63, 3.8) is 0 Å². The van der Waals surface area contributed by atoms with Crippen molar-refractivity contribution in [1.29, 1.82) is 0 Å². The van der Waals surface area contributed by atoms with Gasteiger partial charge in [0, 0.05) is 24.8 Å². The minimum absolute atomic E-state index is 0. The highest BCUT2D eigenvalue weighted by molar-refractivity contribution is 5.93. The molecule has 6 nitrogen and oxygen atoms in total. The number of benzene rings is 1. The highest BCUT2D eigenvalue weighted by Crippen LogP contribution is 2.11. The predicted molar refractivity (Wildman–Crippen MR) is 98.6 cm³/mol. The fraction of sp³-hybridized carbons (Fsp3) is 0.529. The average Bonchev–Trinajstić information content (AvgIpc) is 3.06. The molecule has 134 valence electrons. The van der Waals surface area contributed by atoms with Gasteiger partial charge in [-0.3, -0.25) is 4.79 Å². The van der Waals surface area contributed by atoms with Crippen LogP contribution in [-0.4, -0.2) is 48.6 Å². The second-order valence-corrected chi connectivity index (χ2v) is 5.86. The van der Waals surface area contributed by atoms with Crippen LogP contribution in [0.15, 0.2) is 30.3 Å². The first-order valence-electron chi connectivity index (χ1n) is 8.25. The number of nitrogens with one attached hydrogen (secondary N) is 3. The van der Waals surface area contributed by atoms with Gasteiger partial charge in [0.15, 0.2) is 0 Å². The van der Waals surface area contributed by atoms with Crippen LogP contribution in [0.3, 0.4) is 0 Å². The van der Waals surface area contributed by atoms with E-state index in [1.54, 1.807) is 19.1 Å². The Labute approximate surface area is 149 Å². The van der Waals surface area contributed by atoms with Crippen LogP contribution in [0.5, 0.6) is 0 Å². The monoisotopic (exact) mass is 354 g/mol. The normalized spacial score (nSPS) is 17.5. The fourth-order valence-electron chi connectivity index (χ4n) is 2.81. The minimum Gasteiger partial charge on any atom is -0.337 e. The van der Waals surface area contributed by atoms with Crippen LogP contribution in [0.25, 0.3) is 0 Å². The van der Waals surface area contributed by atoms with Gasteiger partial charge in [0.05, 0.1) is 0 Å². The summed E-state index contributed by atoms with van der Waals surface area (Å²) in [6.07, 6.45) is 1.87. The van der Waals surface area contributed by atoms with Crippen LogP contribution in [0.1, 0.15) is 26.7 Å². The molecule has 0 aliphatic carbocycles. The van der Waals surface area contributed by atoms with Crippen LogP contribution >= 0.6 is 12.4 Å². The summed E-state index contributed by atoms with van der Waals surface area (Å²) in [5.74, 6) is -0.0243. The molecule has 0 saturated carbocycles. The maximum Gasteiger partial charge on any atom is 0.319 e. The number of para-hydroxylation sites is 1. The van der Waals surface area contributed by atoms with Gasteiger partial charge in [-0.15, -0.1) is 12.4 Å². The Morgan fingerprint density at radius 1 is 1.33 bits per heavy atom. The maximum absolute atomic E-state index is 12.7. The van der Waals surface area contributed by atoms with Crippen LogP contribution < -0.4 is 16.0 Å². The molecule has 2 rings (SSSR count). The van der Waals surface area contributed by atoms with Gasteiger partial charge >= 0.3 is 6.03 Å². The van der Waals surface area contributed by atoms with Gasteiger partial charge in [0.25, 0.3) is 0 Å². The third kappa shape index (κ3) is 5.69. The van der Waals surface area contributed by atoms with Crippen molar-refractivity contribution in [2.75, 3.05) is 25.0 Å². The van der Waals surface area contributed by atoms with Gasteiger partial charge in [-0.05, 0) is 38.4 Å².